The van der Waals surface area contributed by atoms with Crippen LogP contribution in [0.5, 0.6) is 5.75 Å². The summed E-state index contributed by atoms with van der Waals surface area (Å²) in [5, 5.41) is 21.9. The minimum atomic E-state index is -1.28. The van der Waals surface area contributed by atoms with E-state index in [9.17, 15) is 10.2 Å². The second kappa shape index (κ2) is 12.8. The molecule has 35 heavy (non-hydrogen) atoms. The molecule has 3 aromatic rings. The summed E-state index contributed by atoms with van der Waals surface area (Å²) in [6, 6.07) is 26.8. The summed E-state index contributed by atoms with van der Waals surface area (Å²) in [6.07, 6.45) is -4.79. The smallest absolute Gasteiger partial charge is 0.184 e. The zero-order valence-corrected chi connectivity index (χ0v) is 19.7. The molecule has 1 aliphatic rings. The number of aliphatic hydroxyl groups excluding tert-OH is 2. The van der Waals surface area contributed by atoms with Crippen LogP contribution in [0.2, 0.25) is 0 Å². The number of ether oxygens (including phenoxy) is 5. The topological polar surface area (TPSA) is 86.6 Å². The van der Waals surface area contributed by atoms with Gasteiger partial charge in [0.25, 0.3) is 0 Å². The molecule has 0 aromatic heterocycles. The summed E-state index contributed by atoms with van der Waals surface area (Å²) in [7, 11) is 1.62. The molecule has 1 heterocycles. The lowest BCUT2D eigenvalue weighted by Gasteiger charge is -2.42. The van der Waals surface area contributed by atoms with Gasteiger partial charge >= 0.3 is 0 Å². The fourth-order valence-corrected chi connectivity index (χ4v) is 3.96. The molecule has 5 atom stereocenters. The second-order valence-corrected chi connectivity index (χ2v) is 8.44. The lowest BCUT2D eigenvalue weighted by molar-refractivity contribution is -0.309. The largest absolute Gasteiger partial charge is 0.497 e. The van der Waals surface area contributed by atoms with Crippen molar-refractivity contribution in [1.82, 2.24) is 0 Å². The molecule has 1 aliphatic heterocycles. The summed E-state index contributed by atoms with van der Waals surface area (Å²) in [5.41, 5.74) is 2.85. The molecule has 2 N–H and O–H groups in total. The van der Waals surface area contributed by atoms with Gasteiger partial charge in [-0.2, -0.15) is 0 Å². The van der Waals surface area contributed by atoms with E-state index in [1.165, 1.54) is 0 Å². The Labute approximate surface area is 205 Å². The van der Waals surface area contributed by atoms with Crippen LogP contribution < -0.4 is 4.74 Å². The summed E-state index contributed by atoms with van der Waals surface area (Å²) in [4.78, 5) is 0. The van der Waals surface area contributed by atoms with Crippen molar-refractivity contribution in [1.29, 1.82) is 0 Å². The Morgan fingerprint density at radius 3 is 1.80 bits per heavy atom. The molecule has 4 rings (SSSR count). The van der Waals surface area contributed by atoms with Crippen molar-refractivity contribution in [2.24, 2.45) is 0 Å². The van der Waals surface area contributed by atoms with Crippen molar-refractivity contribution in [2.75, 3.05) is 13.7 Å². The summed E-state index contributed by atoms with van der Waals surface area (Å²) in [6.45, 7) is 0.930. The molecule has 7 heteroatoms. The Bertz CT molecular complexity index is 997. The van der Waals surface area contributed by atoms with Crippen molar-refractivity contribution in [3.05, 3.63) is 102 Å². The maximum Gasteiger partial charge on any atom is 0.184 e. The standard InChI is InChI=1S/C28H32O7/c1-31-23-14-12-22(13-15-23)16-32-19-24-25(29)26(33-17-20-8-4-2-5-9-20)27(28(30)35-24)34-18-21-10-6-3-7-11-21/h2-15,24-30H,16-19H2,1H3/t24-,25+,26+,27-,28+/m1/s1. The fourth-order valence-electron chi connectivity index (χ4n) is 3.96. The van der Waals surface area contributed by atoms with Crippen molar-refractivity contribution < 1.29 is 33.9 Å². The van der Waals surface area contributed by atoms with Crippen LogP contribution in [-0.2, 0) is 38.8 Å². The highest BCUT2D eigenvalue weighted by atomic mass is 16.7. The molecule has 0 saturated carbocycles. The molecule has 3 aromatic carbocycles. The van der Waals surface area contributed by atoms with Gasteiger partial charge in [0.15, 0.2) is 6.29 Å². The molecule has 0 unspecified atom stereocenters. The van der Waals surface area contributed by atoms with Crippen LogP contribution in [0.1, 0.15) is 16.7 Å². The monoisotopic (exact) mass is 480 g/mol. The third kappa shape index (κ3) is 7.11. The van der Waals surface area contributed by atoms with E-state index in [-0.39, 0.29) is 19.8 Å². The van der Waals surface area contributed by atoms with Crippen LogP contribution in [0, 0.1) is 0 Å². The number of hydrogen-bond donors (Lipinski definition) is 2. The Morgan fingerprint density at radius 2 is 1.23 bits per heavy atom. The van der Waals surface area contributed by atoms with E-state index in [1.54, 1.807) is 7.11 Å². The summed E-state index contributed by atoms with van der Waals surface area (Å²) in [5.74, 6) is 0.767. The minimum absolute atomic E-state index is 0.0842. The zero-order chi connectivity index (χ0) is 24.5. The van der Waals surface area contributed by atoms with Crippen LogP contribution in [0.25, 0.3) is 0 Å². The maximum absolute atomic E-state index is 11.1. The Kier molecular flexibility index (Phi) is 9.25. The number of aliphatic hydroxyl groups is 2. The van der Waals surface area contributed by atoms with Crippen LogP contribution in [0.15, 0.2) is 84.9 Å². The van der Waals surface area contributed by atoms with Crippen LogP contribution in [0.3, 0.4) is 0 Å². The van der Waals surface area contributed by atoms with E-state index >= 15 is 0 Å². The van der Waals surface area contributed by atoms with E-state index in [0.717, 1.165) is 22.4 Å². The molecule has 0 bridgehead atoms. The minimum Gasteiger partial charge on any atom is -0.497 e. The third-order valence-electron chi connectivity index (χ3n) is 5.92. The molecule has 0 amide bonds. The first kappa shape index (κ1) is 25.3. The highest BCUT2D eigenvalue weighted by Crippen LogP contribution is 2.27. The Hall–Kier alpha value is -2.78. The summed E-state index contributed by atoms with van der Waals surface area (Å²) < 4.78 is 28.8. The van der Waals surface area contributed by atoms with E-state index < -0.39 is 30.7 Å². The van der Waals surface area contributed by atoms with Gasteiger partial charge in [0.2, 0.25) is 0 Å². The zero-order valence-electron chi connectivity index (χ0n) is 19.7. The SMILES string of the molecule is COc1ccc(COC[C@H]2O[C@H](O)[C@H](OCc3ccccc3)[C@@H](OCc3ccccc3)[C@H]2O)cc1. The molecule has 1 saturated heterocycles. The average Bonchev–Trinajstić information content (AvgIpc) is 2.90. The predicted molar refractivity (Wildman–Crippen MR) is 130 cm³/mol. The van der Waals surface area contributed by atoms with Gasteiger partial charge in [-0.1, -0.05) is 72.8 Å². The lowest BCUT2D eigenvalue weighted by Crippen LogP contribution is -2.60. The van der Waals surface area contributed by atoms with Gasteiger partial charge in [0.1, 0.15) is 30.2 Å². The molecule has 0 aliphatic carbocycles. The van der Waals surface area contributed by atoms with Gasteiger partial charge in [-0.15, -0.1) is 0 Å². The number of rotatable bonds is 11. The lowest BCUT2D eigenvalue weighted by atomic mass is 9.98. The normalized spacial score (nSPS) is 24.3. The average molecular weight is 481 g/mol. The Morgan fingerprint density at radius 1 is 0.686 bits per heavy atom. The molecule has 0 radical (unpaired) electrons. The number of benzene rings is 3. The van der Waals surface area contributed by atoms with E-state index in [1.807, 2.05) is 84.9 Å². The Balaban J connectivity index is 1.39. The molecular weight excluding hydrogens is 448 g/mol. The van der Waals surface area contributed by atoms with Crippen molar-refractivity contribution in [2.45, 2.75) is 50.5 Å². The van der Waals surface area contributed by atoms with Crippen LogP contribution >= 0.6 is 0 Å². The van der Waals surface area contributed by atoms with Crippen molar-refractivity contribution in [3.8, 4) is 5.75 Å². The van der Waals surface area contributed by atoms with Gasteiger partial charge in [0.05, 0.1) is 33.5 Å². The van der Waals surface area contributed by atoms with Crippen molar-refractivity contribution >= 4 is 0 Å². The molecular formula is C28H32O7. The molecule has 186 valence electrons. The maximum atomic E-state index is 11.1. The second-order valence-electron chi connectivity index (χ2n) is 8.44. The van der Waals surface area contributed by atoms with E-state index in [4.69, 9.17) is 23.7 Å². The van der Waals surface area contributed by atoms with Gasteiger partial charge in [-0.05, 0) is 28.8 Å². The predicted octanol–water partition coefficient (Wildman–Crippen LogP) is 3.46. The summed E-state index contributed by atoms with van der Waals surface area (Å²) >= 11 is 0. The first-order valence-corrected chi connectivity index (χ1v) is 11.7. The molecule has 1 fully saturated rings. The third-order valence-corrected chi connectivity index (χ3v) is 5.92. The van der Waals surface area contributed by atoms with Gasteiger partial charge in [-0.25, -0.2) is 0 Å². The number of methoxy groups -OCH3 is 1. The van der Waals surface area contributed by atoms with Crippen LogP contribution in [-0.4, -0.2) is 54.6 Å². The highest BCUT2D eigenvalue weighted by molar-refractivity contribution is 5.26. The highest BCUT2D eigenvalue weighted by Gasteiger charge is 2.46. The first-order valence-electron chi connectivity index (χ1n) is 11.7. The van der Waals surface area contributed by atoms with Gasteiger partial charge in [-0.3, -0.25) is 0 Å². The van der Waals surface area contributed by atoms with Crippen molar-refractivity contribution in [3.63, 3.8) is 0 Å². The molecule has 7 nitrogen and oxygen atoms in total. The number of hydrogen-bond acceptors (Lipinski definition) is 7. The van der Waals surface area contributed by atoms with Gasteiger partial charge in [0, 0.05) is 0 Å². The quantitative estimate of drug-likeness (QED) is 0.435. The van der Waals surface area contributed by atoms with Gasteiger partial charge < -0.3 is 33.9 Å². The van der Waals surface area contributed by atoms with E-state index in [2.05, 4.69) is 0 Å². The fraction of sp³-hybridized carbons (Fsp3) is 0.357. The van der Waals surface area contributed by atoms with Crippen LogP contribution in [0.4, 0.5) is 0 Å². The first-order chi connectivity index (χ1) is 17.1. The van der Waals surface area contributed by atoms with E-state index in [0.29, 0.717) is 6.61 Å². The molecule has 0 spiro atoms.